The first-order valence-corrected chi connectivity index (χ1v) is 14.3. The molecule has 4 aromatic carbocycles. The fourth-order valence-corrected chi connectivity index (χ4v) is 5.29. The molecular weight excluding hydrogens is 562 g/mol. The van der Waals surface area contributed by atoms with E-state index < -0.39 is 5.97 Å². The number of carboxylic acid groups (broad SMARTS) is 1. The highest BCUT2D eigenvalue weighted by molar-refractivity contribution is 8.18. The van der Waals surface area contributed by atoms with Crippen molar-refractivity contribution in [3.05, 3.63) is 130 Å². The molecule has 0 aromatic heterocycles. The van der Waals surface area contributed by atoms with Crippen molar-refractivity contribution in [3.63, 3.8) is 0 Å². The minimum atomic E-state index is -1.01. The number of ether oxygens (including phenoxy) is 1. The van der Waals surface area contributed by atoms with Crippen molar-refractivity contribution in [2.75, 3.05) is 11.9 Å². The molecule has 0 spiro atoms. The van der Waals surface area contributed by atoms with Crippen molar-refractivity contribution in [1.82, 2.24) is 4.90 Å². The number of aryl methyl sites for hydroxylation is 2. The standard InChI is InChI=1S/C34H29N3O5S/c1-22-11-16-28(17-23(22)2)35-31(38)21-42-29-10-6-7-25(18-29)19-30-32(39)37(20-24-12-14-26(15-13-24)33(40)41)34(43-30)36-27-8-4-3-5-9-27/h3-19H,20-21H2,1-2H3,(H,35,38)(H,40,41)/b30-19-,36-34?. The van der Waals surface area contributed by atoms with Crippen LogP contribution in [-0.4, -0.2) is 39.6 Å². The Balaban J connectivity index is 1.32. The van der Waals surface area contributed by atoms with E-state index in [1.165, 1.54) is 23.9 Å². The van der Waals surface area contributed by atoms with Gasteiger partial charge in [0.25, 0.3) is 11.8 Å². The third kappa shape index (κ3) is 7.58. The smallest absolute Gasteiger partial charge is 0.335 e. The summed E-state index contributed by atoms with van der Waals surface area (Å²) in [6.07, 6.45) is 1.77. The highest BCUT2D eigenvalue weighted by Gasteiger charge is 2.33. The maximum Gasteiger partial charge on any atom is 0.335 e. The zero-order valence-corrected chi connectivity index (χ0v) is 24.4. The van der Waals surface area contributed by atoms with Gasteiger partial charge >= 0.3 is 5.97 Å². The van der Waals surface area contributed by atoms with E-state index in [1.807, 2.05) is 68.4 Å². The highest BCUT2D eigenvalue weighted by atomic mass is 32.2. The topological polar surface area (TPSA) is 108 Å². The summed E-state index contributed by atoms with van der Waals surface area (Å²) >= 11 is 1.26. The molecule has 0 aliphatic carbocycles. The Hall–Kier alpha value is -5.15. The molecule has 0 bridgehead atoms. The second-order valence-corrected chi connectivity index (χ2v) is 11.0. The fourth-order valence-electron chi connectivity index (χ4n) is 4.29. The van der Waals surface area contributed by atoms with Crippen LogP contribution in [-0.2, 0) is 16.1 Å². The van der Waals surface area contributed by atoms with Gasteiger partial charge in [-0.1, -0.05) is 48.5 Å². The largest absolute Gasteiger partial charge is 0.484 e. The number of hydrogen-bond donors (Lipinski definition) is 2. The zero-order valence-electron chi connectivity index (χ0n) is 23.6. The Morgan fingerprint density at radius 3 is 2.42 bits per heavy atom. The van der Waals surface area contributed by atoms with Gasteiger partial charge in [0.15, 0.2) is 11.8 Å². The van der Waals surface area contributed by atoms with Crippen LogP contribution in [0.3, 0.4) is 0 Å². The molecule has 0 unspecified atom stereocenters. The summed E-state index contributed by atoms with van der Waals surface area (Å²) in [5.74, 6) is -1.01. The van der Waals surface area contributed by atoms with Gasteiger partial charge in [0.2, 0.25) is 0 Å². The van der Waals surface area contributed by atoms with E-state index in [0.29, 0.717) is 27.2 Å². The van der Waals surface area contributed by atoms with Crippen LogP contribution >= 0.6 is 11.8 Å². The number of nitrogens with zero attached hydrogens (tertiary/aromatic N) is 2. The average molecular weight is 592 g/mol. The summed E-state index contributed by atoms with van der Waals surface area (Å²) in [6, 6.07) is 28.7. The van der Waals surface area contributed by atoms with E-state index in [1.54, 1.807) is 41.3 Å². The number of carbonyl (C=O) groups excluding carboxylic acids is 2. The molecule has 8 nitrogen and oxygen atoms in total. The minimum absolute atomic E-state index is 0.164. The first-order valence-electron chi connectivity index (χ1n) is 13.5. The summed E-state index contributed by atoms with van der Waals surface area (Å²) in [5, 5.41) is 12.6. The molecule has 1 heterocycles. The third-order valence-electron chi connectivity index (χ3n) is 6.73. The number of aliphatic imine (C=N–C) groups is 1. The quantitative estimate of drug-likeness (QED) is 0.207. The molecule has 5 rings (SSSR count). The molecule has 1 aliphatic rings. The van der Waals surface area contributed by atoms with E-state index >= 15 is 0 Å². The number of amidine groups is 1. The predicted molar refractivity (Wildman–Crippen MR) is 170 cm³/mol. The first-order chi connectivity index (χ1) is 20.7. The van der Waals surface area contributed by atoms with Crippen LogP contribution in [0.15, 0.2) is 107 Å². The van der Waals surface area contributed by atoms with Crippen molar-refractivity contribution >= 4 is 52.2 Å². The third-order valence-corrected chi connectivity index (χ3v) is 7.73. The molecule has 2 amide bonds. The molecule has 9 heteroatoms. The molecule has 1 fully saturated rings. The first kappa shape index (κ1) is 29.3. The van der Waals surface area contributed by atoms with Crippen LogP contribution in [0.2, 0.25) is 0 Å². The Morgan fingerprint density at radius 2 is 1.70 bits per heavy atom. The molecule has 216 valence electrons. The van der Waals surface area contributed by atoms with Crippen molar-refractivity contribution in [1.29, 1.82) is 0 Å². The number of para-hydroxylation sites is 1. The number of aromatic carboxylic acids is 1. The van der Waals surface area contributed by atoms with Crippen LogP contribution in [0.1, 0.15) is 32.6 Å². The number of amides is 2. The second kappa shape index (κ2) is 13.2. The number of carboxylic acids is 1. The van der Waals surface area contributed by atoms with Crippen molar-refractivity contribution in [2.45, 2.75) is 20.4 Å². The molecular formula is C34H29N3O5S. The van der Waals surface area contributed by atoms with Gasteiger partial charge < -0.3 is 15.2 Å². The summed E-state index contributed by atoms with van der Waals surface area (Å²) in [6.45, 7) is 4.07. The maximum absolute atomic E-state index is 13.6. The van der Waals surface area contributed by atoms with Gasteiger partial charge in [-0.25, -0.2) is 9.79 Å². The lowest BCUT2D eigenvalue weighted by molar-refractivity contribution is -0.122. The summed E-state index contributed by atoms with van der Waals surface area (Å²) in [4.78, 5) is 44.1. The number of thioether (sulfide) groups is 1. The van der Waals surface area contributed by atoms with Gasteiger partial charge in [-0.2, -0.15) is 0 Å². The van der Waals surface area contributed by atoms with Gasteiger partial charge in [-0.05, 0) is 102 Å². The van der Waals surface area contributed by atoms with Crippen LogP contribution in [0.25, 0.3) is 6.08 Å². The van der Waals surface area contributed by atoms with Gasteiger partial charge in [0, 0.05) is 5.69 Å². The number of benzene rings is 4. The van der Waals surface area contributed by atoms with E-state index in [9.17, 15) is 19.5 Å². The van der Waals surface area contributed by atoms with Crippen LogP contribution in [0.4, 0.5) is 11.4 Å². The lowest BCUT2D eigenvalue weighted by Crippen LogP contribution is -2.28. The van der Waals surface area contributed by atoms with E-state index in [4.69, 9.17) is 9.73 Å². The van der Waals surface area contributed by atoms with E-state index in [-0.39, 0.29) is 30.5 Å². The van der Waals surface area contributed by atoms with Gasteiger partial charge in [0.05, 0.1) is 22.7 Å². The number of hydrogen-bond acceptors (Lipinski definition) is 6. The van der Waals surface area contributed by atoms with Crippen LogP contribution in [0, 0.1) is 13.8 Å². The number of anilines is 1. The van der Waals surface area contributed by atoms with Crippen molar-refractivity contribution in [3.8, 4) is 5.75 Å². The molecule has 2 N–H and O–H groups in total. The zero-order chi connectivity index (χ0) is 30.3. The van der Waals surface area contributed by atoms with Gasteiger partial charge in [-0.3, -0.25) is 14.5 Å². The average Bonchev–Trinajstić information content (AvgIpc) is 3.27. The predicted octanol–water partition coefficient (Wildman–Crippen LogP) is 6.82. The van der Waals surface area contributed by atoms with Crippen molar-refractivity contribution < 1.29 is 24.2 Å². The SMILES string of the molecule is Cc1ccc(NC(=O)COc2cccc(/C=C3\SC(=Nc4ccccc4)N(Cc4ccc(C(=O)O)cc4)C3=O)c2)cc1C. The lowest BCUT2D eigenvalue weighted by Gasteiger charge is -2.16. The monoisotopic (exact) mass is 591 g/mol. The van der Waals surface area contributed by atoms with Gasteiger partial charge in [0.1, 0.15) is 5.75 Å². The molecule has 4 aromatic rings. The van der Waals surface area contributed by atoms with Crippen molar-refractivity contribution in [2.24, 2.45) is 4.99 Å². The number of carbonyl (C=O) groups is 3. The molecule has 0 radical (unpaired) electrons. The van der Waals surface area contributed by atoms with Gasteiger partial charge in [-0.15, -0.1) is 0 Å². The summed E-state index contributed by atoms with van der Waals surface area (Å²) < 4.78 is 5.74. The molecule has 43 heavy (non-hydrogen) atoms. The van der Waals surface area contributed by atoms with E-state index in [0.717, 1.165) is 22.3 Å². The molecule has 0 saturated carbocycles. The normalized spacial score (nSPS) is 14.7. The second-order valence-electron chi connectivity index (χ2n) is 9.94. The fraction of sp³-hybridized carbons (Fsp3) is 0.118. The Labute approximate surface area is 253 Å². The Kier molecular flexibility index (Phi) is 9.02. The molecule has 0 atom stereocenters. The molecule has 1 aliphatic heterocycles. The lowest BCUT2D eigenvalue weighted by atomic mass is 10.1. The maximum atomic E-state index is 13.6. The number of nitrogens with one attached hydrogen (secondary N) is 1. The summed E-state index contributed by atoms with van der Waals surface area (Å²) in [5.41, 5.74) is 5.34. The number of rotatable bonds is 9. The highest BCUT2D eigenvalue weighted by Crippen LogP contribution is 2.35. The molecule has 1 saturated heterocycles. The minimum Gasteiger partial charge on any atom is -0.484 e. The summed E-state index contributed by atoms with van der Waals surface area (Å²) in [7, 11) is 0. The Morgan fingerprint density at radius 1 is 0.930 bits per heavy atom. The Bertz CT molecular complexity index is 1730. The van der Waals surface area contributed by atoms with Crippen LogP contribution < -0.4 is 10.1 Å². The van der Waals surface area contributed by atoms with E-state index in [2.05, 4.69) is 5.32 Å². The van der Waals surface area contributed by atoms with Crippen LogP contribution in [0.5, 0.6) is 5.75 Å².